The van der Waals surface area contributed by atoms with Crippen LogP contribution < -0.4 is 10.4 Å². The first kappa shape index (κ1) is 23.4. The molecule has 0 spiro atoms. The number of halogens is 2. The minimum atomic E-state index is -1.25. The van der Waals surface area contributed by atoms with Gasteiger partial charge in [0.15, 0.2) is 0 Å². The number of nitrogens with zero attached hydrogens (tertiary/aromatic N) is 2. The van der Waals surface area contributed by atoms with Gasteiger partial charge < -0.3 is 24.8 Å². The molecule has 6 nitrogen and oxygen atoms in total. The maximum absolute atomic E-state index is 10.0. The molecule has 1 aromatic carbocycles. The molecular formula is C17H23Br2N3O3. The fraction of sp³-hybridized carbons (Fsp3) is 0.294. The Hall–Kier alpha value is -1.64. The monoisotopic (exact) mass is 475 g/mol. The second-order valence-electron chi connectivity index (χ2n) is 6.19. The zero-order chi connectivity index (χ0) is 18.2. The lowest BCUT2D eigenvalue weighted by Gasteiger charge is -2.23. The van der Waals surface area contributed by atoms with Crippen molar-refractivity contribution >= 4 is 39.0 Å². The third-order valence-corrected chi connectivity index (χ3v) is 3.37. The van der Waals surface area contributed by atoms with Crippen molar-refractivity contribution in [3.05, 3.63) is 58.3 Å². The summed E-state index contributed by atoms with van der Waals surface area (Å²) in [6, 6.07) is 10.8. The van der Waals surface area contributed by atoms with Crippen LogP contribution >= 0.6 is 32.9 Å². The molecule has 0 aliphatic carbocycles. The van der Waals surface area contributed by atoms with E-state index in [0.717, 1.165) is 26.8 Å². The number of benzene rings is 1. The van der Waals surface area contributed by atoms with Gasteiger partial charge in [-0.1, -0.05) is 28.1 Å². The fourth-order valence-electron chi connectivity index (χ4n) is 1.78. The van der Waals surface area contributed by atoms with E-state index in [-0.39, 0.29) is 29.3 Å². The molecule has 2 rings (SSSR count). The Morgan fingerprint density at radius 3 is 2.32 bits per heavy atom. The van der Waals surface area contributed by atoms with Gasteiger partial charge in [-0.2, -0.15) is 0 Å². The topological polar surface area (TPSA) is 85.3 Å². The third kappa shape index (κ3) is 10.8. The Morgan fingerprint density at radius 1 is 1.24 bits per heavy atom. The number of amides is 1. The highest BCUT2D eigenvalue weighted by Crippen LogP contribution is 2.15. The minimum Gasteiger partial charge on any atom is -0.530 e. The van der Waals surface area contributed by atoms with E-state index >= 15 is 0 Å². The number of nitrogens with one attached hydrogen (secondary N) is 1. The lowest BCUT2D eigenvalue weighted by atomic mass is 10.2. The van der Waals surface area contributed by atoms with E-state index in [4.69, 9.17) is 0 Å². The predicted octanol–water partition coefficient (Wildman–Crippen LogP) is 2.45. The molecule has 0 radical (unpaired) electrons. The number of carbonyl (C=O) groups excluding carboxylic acids is 1. The summed E-state index contributed by atoms with van der Waals surface area (Å²) in [6.45, 7) is 1.03. The molecule has 0 unspecified atom stereocenters. The molecule has 8 heteroatoms. The smallest absolute Gasteiger partial charge is 0.142 e. The van der Waals surface area contributed by atoms with Crippen molar-refractivity contribution in [1.82, 2.24) is 10.3 Å². The maximum atomic E-state index is 10.0. The summed E-state index contributed by atoms with van der Waals surface area (Å²) < 4.78 is 1.74. The number of hydrogen-bond donors (Lipinski definition) is 2. The number of carboxylic acid groups (broad SMARTS) is 1. The number of hydrogen-bond acceptors (Lipinski definition) is 4. The molecule has 2 N–H and O–H groups in total. The van der Waals surface area contributed by atoms with Crippen LogP contribution in [-0.4, -0.2) is 41.8 Å². The Labute approximate surface area is 167 Å². The van der Waals surface area contributed by atoms with Crippen LogP contribution in [0.3, 0.4) is 0 Å². The molecule has 25 heavy (non-hydrogen) atoms. The summed E-state index contributed by atoms with van der Waals surface area (Å²) in [4.78, 5) is 14.1. The van der Waals surface area contributed by atoms with Gasteiger partial charge in [0, 0.05) is 17.2 Å². The summed E-state index contributed by atoms with van der Waals surface area (Å²) in [5.41, 5.74) is 1.66. The third-order valence-electron chi connectivity index (χ3n) is 2.84. The Morgan fingerprint density at radius 2 is 1.84 bits per heavy atom. The summed E-state index contributed by atoms with van der Waals surface area (Å²) in [7, 11) is 6.19. The van der Waals surface area contributed by atoms with E-state index in [0.29, 0.717) is 0 Å². The van der Waals surface area contributed by atoms with E-state index in [2.05, 4.69) is 47.4 Å². The van der Waals surface area contributed by atoms with Crippen LogP contribution in [0.1, 0.15) is 11.3 Å². The first-order valence-electron chi connectivity index (χ1n) is 7.30. The highest BCUT2D eigenvalue weighted by Gasteiger charge is 2.12. The van der Waals surface area contributed by atoms with Crippen molar-refractivity contribution in [3.63, 3.8) is 0 Å². The number of quaternary nitrogens is 1. The van der Waals surface area contributed by atoms with E-state index in [1.165, 1.54) is 0 Å². The molecule has 0 aliphatic rings. The first-order valence-corrected chi connectivity index (χ1v) is 8.09. The summed E-state index contributed by atoms with van der Waals surface area (Å²) >= 11 is 3.28. The van der Waals surface area contributed by atoms with Gasteiger partial charge in [0.2, 0.25) is 0 Å². The van der Waals surface area contributed by atoms with Crippen molar-refractivity contribution < 1.29 is 19.5 Å². The Bertz CT molecular complexity index is 659. The maximum Gasteiger partial charge on any atom is 0.142 e. The highest BCUT2D eigenvalue weighted by atomic mass is 79.9. The van der Waals surface area contributed by atoms with Gasteiger partial charge in [-0.05, 0) is 29.8 Å². The number of carbonyl (C=O) groups is 1. The van der Waals surface area contributed by atoms with E-state index in [1.54, 1.807) is 18.3 Å². The molecule has 0 saturated carbocycles. The molecule has 0 fully saturated rings. The van der Waals surface area contributed by atoms with Crippen molar-refractivity contribution in [2.75, 3.05) is 21.1 Å². The lowest BCUT2D eigenvalue weighted by Crippen LogP contribution is -2.35. The minimum absolute atomic E-state index is 0. The fourth-order valence-corrected chi connectivity index (χ4v) is 2.04. The van der Waals surface area contributed by atoms with Crippen LogP contribution in [0.15, 0.2) is 47.1 Å². The Balaban J connectivity index is 0.000000443. The molecule has 0 saturated heterocycles. The zero-order valence-corrected chi connectivity index (χ0v) is 17.7. The largest absolute Gasteiger partial charge is 0.530 e. The number of pyridine rings is 1. The van der Waals surface area contributed by atoms with E-state index in [1.807, 2.05) is 24.3 Å². The molecule has 1 aromatic heterocycles. The molecule has 2 aromatic rings. The molecular weight excluding hydrogens is 454 g/mol. The lowest BCUT2D eigenvalue weighted by molar-refractivity contribution is -0.884. The van der Waals surface area contributed by atoms with Crippen LogP contribution in [0.4, 0.5) is 4.79 Å². The van der Waals surface area contributed by atoms with Crippen LogP contribution in [0.5, 0.6) is 5.75 Å². The first-order chi connectivity index (χ1) is 11.2. The van der Waals surface area contributed by atoms with Crippen LogP contribution in [0, 0.1) is 0 Å². The summed E-state index contributed by atoms with van der Waals surface area (Å²) in [5.74, 6) is 0.283. The van der Waals surface area contributed by atoms with Gasteiger partial charge >= 0.3 is 0 Å². The molecule has 0 atom stereocenters. The van der Waals surface area contributed by atoms with Gasteiger partial charge in [0.25, 0.3) is 0 Å². The van der Waals surface area contributed by atoms with Gasteiger partial charge in [-0.3, -0.25) is 4.98 Å². The number of aromatic nitrogens is 1. The van der Waals surface area contributed by atoms with Crippen LogP contribution in [0.2, 0.25) is 0 Å². The quantitative estimate of drug-likeness (QED) is 0.663. The normalized spacial score (nSPS) is 10.1. The van der Waals surface area contributed by atoms with Crippen molar-refractivity contribution in [1.29, 1.82) is 0 Å². The van der Waals surface area contributed by atoms with Gasteiger partial charge in [-0.15, -0.1) is 17.0 Å². The van der Waals surface area contributed by atoms with Crippen LogP contribution in [-0.2, 0) is 13.1 Å². The van der Waals surface area contributed by atoms with Crippen molar-refractivity contribution in [2.45, 2.75) is 13.1 Å². The predicted molar refractivity (Wildman–Crippen MR) is 104 cm³/mol. The van der Waals surface area contributed by atoms with E-state index < -0.39 is 6.09 Å². The second-order valence-corrected chi connectivity index (χ2v) is 7.10. The number of rotatable bonds is 4. The molecule has 1 amide bonds. The standard InChI is InChI=1S/C9H14N2O.C8H8BrNO2.BrH/c1-11(2,3)7-8-9(12)5-4-6-10-8;9-7-3-1-6(2-4-7)5-10-8(11)12;/h4-6H,7H2,1-3H3;1-4,10H,5H2,(H,11,12);1H. The SMILES string of the molecule is Br.C[N+](C)(C)Cc1ncccc1O.O=C([O-])NCc1ccc(Br)cc1. The average Bonchev–Trinajstić information content (AvgIpc) is 2.48. The average molecular weight is 477 g/mol. The van der Waals surface area contributed by atoms with Gasteiger partial charge in [-0.25, -0.2) is 0 Å². The van der Waals surface area contributed by atoms with E-state index in [9.17, 15) is 15.0 Å². The van der Waals surface area contributed by atoms with Crippen LogP contribution in [0.25, 0.3) is 0 Å². The number of aromatic hydroxyl groups is 1. The van der Waals surface area contributed by atoms with Crippen molar-refractivity contribution in [3.8, 4) is 5.75 Å². The van der Waals surface area contributed by atoms with Gasteiger partial charge in [0.05, 0.1) is 21.1 Å². The second kappa shape index (κ2) is 11.1. The summed E-state index contributed by atoms with van der Waals surface area (Å²) in [6.07, 6.45) is 0.447. The van der Waals surface area contributed by atoms with Crippen molar-refractivity contribution in [2.24, 2.45) is 0 Å². The summed E-state index contributed by atoms with van der Waals surface area (Å²) in [5, 5.41) is 21.6. The highest BCUT2D eigenvalue weighted by molar-refractivity contribution is 9.10. The molecule has 138 valence electrons. The molecule has 0 aliphatic heterocycles. The zero-order valence-electron chi connectivity index (χ0n) is 14.4. The van der Waals surface area contributed by atoms with Gasteiger partial charge in [0.1, 0.15) is 24.1 Å². The molecule has 1 heterocycles. The Kier molecular flexibility index (Phi) is 10.3. The molecule has 0 bridgehead atoms.